The molecule has 0 unspecified atom stereocenters. The van der Waals surface area contributed by atoms with E-state index in [0.29, 0.717) is 22.3 Å². The highest BCUT2D eigenvalue weighted by molar-refractivity contribution is 7.16. The average Bonchev–Trinajstić information content (AvgIpc) is 3.10. The van der Waals surface area contributed by atoms with Gasteiger partial charge in [-0.15, -0.1) is 22.7 Å². The maximum Gasteiger partial charge on any atom is 0.261 e. The van der Waals surface area contributed by atoms with Gasteiger partial charge in [-0.05, 0) is 23.6 Å². The molecule has 0 aliphatic heterocycles. The van der Waals surface area contributed by atoms with E-state index in [-0.39, 0.29) is 18.2 Å². The minimum atomic E-state index is -0.134. The van der Waals surface area contributed by atoms with E-state index >= 15 is 0 Å². The number of amides is 2. The van der Waals surface area contributed by atoms with E-state index < -0.39 is 0 Å². The molecule has 2 aromatic rings. The van der Waals surface area contributed by atoms with Gasteiger partial charge in [-0.1, -0.05) is 17.7 Å². The molecule has 0 bridgehead atoms. The van der Waals surface area contributed by atoms with E-state index in [4.69, 9.17) is 11.6 Å². The van der Waals surface area contributed by atoms with Crippen LogP contribution in [0.1, 0.15) is 21.0 Å². The monoisotopic (exact) mass is 342 g/mol. The molecule has 21 heavy (non-hydrogen) atoms. The highest BCUT2D eigenvalue weighted by Crippen LogP contribution is 2.22. The molecule has 0 spiro atoms. The van der Waals surface area contributed by atoms with E-state index in [2.05, 4.69) is 5.32 Å². The number of carbonyl (C=O) groups is 2. The number of hydrogen-bond donors (Lipinski definition) is 1. The van der Waals surface area contributed by atoms with Crippen LogP contribution in [0.3, 0.4) is 0 Å². The third kappa shape index (κ3) is 4.84. The van der Waals surface area contributed by atoms with Crippen molar-refractivity contribution in [2.24, 2.45) is 0 Å². The Kier molecular flexibility index (Phi) is 5.78. The van der Waals surface area contributed by atoms with Crippen LogP contribution in [0.4, 0.5) is 0 Å². The summed E-state index contributed by atoms with van der Waals surface area (Å²) in [6.07, 6.45) is 0.284. The van der Waals surface area contributed by atoms with Crippen molar-refractivity contribution >= 4 is 46.1 Å². The Morgan fingerprint density at radius 3 is 2.76 bits per heavy atom. The van der Waals surface area contributed by atoms with Gasteiger partial charge in [0.2, 0.25) is 5.91 Å². The molecule has 0 aromatic carbocycles. The molecule has 0 atom stereocenters. The number of nitrogens with zero attached hydrogens (tertiary/aromatic N) is 1. The van der Waals surface area contributed by atoms with E-state index in [1.165, 1.54) is 22.7 Å². The number of thiophene rings is 2. The number of carbonyl (C=O) groups excluding carboxylic acids is 2. The predicted molar refractivity (Wildman–Crippen MR) is 87.1 cm³/mol. The fourth-order valence-electron chi connectivity index (χ4n) is 1.73. The lowest BCUT2D eigenvalue weighted by Gasteiger charge is -2.16. The van der Waals surface area contributed by atoms with Crippen molar-refractivity contribution < 1.29 is 9.59 Å². The molecule has 0 aliphatic carbocycles. The zero-order valence-electron chi connectivity index (χ0n) is 11.5. The number of halogens is 1. The van der Waals surface area contributed by atoms with Crippen LogP contribution < -0.4 is 5.32 Å². The molecule has 112 valence electrons. The summed E-state index contributed by atoms with van der Waals surface area (Å²) in [7, 11) is 1.75. The highest BCUT2D eigenvalue weighted by Gasteiger charge is 2.12. The third-order valence-electron chi connectivity index (χ3n) is 2.82. The Bertz CT molecular complexity index is 610. The van der Waals surface area contributed by atoms with E-state index in [1.54, 1.807) is 18.0 Å². The standard InChI is InChI=1S/C14H15ClN2O2S2/c1-17(9-10-4-5-12(15)21-10)13(18)6-7-16-14(19)11-3-2-8-20-11/h2-5,8H,6-7,9H2,1H3,(H,16,19). The number of nitrogens with one attached hydrogen (secondary N) is 1. The summed E-state index contributed by atoms with van der Waals surface area (Å²) in [5, 5.41) is 4.59. The summed E-state index contributed by atoms with van der Waals surface area (Å²) < 4.78 is 0.717. The van der Waals surface area contributed by atoms with Gasteiger partial charge in [-0.25, -0.2) is 0 Å². The normalized spacial score (nSPS) is 10.4. The Balaban J connectivity index is 1.72. The van der Waals surface area contributed by atoms with Crippen LogP contribution in [0.15, 0.2) is 29.6 Å². The Labute approximate surface area is 136 Å². The fourth-order valence-corrected chi connectivity index (χ4v) is 3.51. The lowest BCUT2D eigenvalue weighted by molar-refractivity contribution is -0.130. The second kappa shape index (κ2) is 7.59. The van der Waals surface area contributed by atoms with Crippen molar-refractivity contribution in [2.45, 2.75) is 13.0 Å². The average molecular weight is 343 g/mol. The first-order chi connectivity index (χ1) is 10.1. The van der Waals surface area contributed by atoms with E-state index in [9.17, 15) is 9.59 Å². The van der Waals surface area contributed by atoms with Crippen LogP contribution in [0.5, 0.6) is 0 Å². The molecule has 2 aromatic heterocycles. The second-order valence-electron chi connectivity index (χ2n) is 4.44. The van der Waals surface area contributed by atoms with Crippen LogP contribution in [-0.4, -0.2) is 30.3 Å². The van der Waals surface area contributed by atoms with E-state index in [0.717, 1.165) is 4.88 Å². The first-order valence-corrected chi connectivity index (χ1v) is 8.43. The summed E-state index contributed by atoms with van der Waals surface area (Å²) in [5.41, 5.74) is 0. The predicted octanol–water partition coefficient (Wildman–Crippen LogP) is 3.24. The maximum atomic E-state index is 12.0. The number of rotatable bonds is 6. The Hall–Kier alpha value is -1.37. The SMILES string of the molecule is CN(Cc1ccc(Cl)s1)C(=O)CCNC(=O)c1cccs1. The van der Waals surface area contributed by atoms with Crippen molar-refractivity contribution in [3.05, 3.63) is 43.7 Å². The van der Waals surface area contributed by atoms with Crippen LogP contribution in [-0.2, 0) is 11.3 Å². The first-order valence-electron chi connectivity index (χ1n) is 6.36. The van der Waals surface area contributed by atoms with Crippen molar-refractivity contribution in [3.63, 3.8) is 0 Å². The molecule has 1 N–H and O–H groups in total. The molecule has 0 fully saturated rings. The van der Waals surface area contributed by atoms with Crippen LogP contribution in [0.2, 0.25) is 4.34 Å². The zero-order valence-corrected chi connectivity index (χ0v) is 13.9. The van der Waals surface area contributed by atoms with Gasteiger partial charge in [-0.2, -0.15) is 0 Å². The van der Waals surface area contributed by atoms with Crippen molar-refractivity contribution in [3.8, 4) is 0 Å². The molecule has 0 saturated heterocycles. The largest absolute Gasteiger partial charge is 0.351 e. The minimum Gasteiger partial charge on any atom is -0.351 e. The zero-order chi connectivity index (χ0) is 15.2. The Morgan fingerprint density at radius 2 is 2.14 bits per heavy atom. The molecular formula is C14H15ClN2O2S2. The maximum absolute atomic E-state index is 12.0. The molecule has 2 heterocycles. The van der Waals surface area contributed by atoms with Gasteiger partial charge in [0.15, 0.2) is 0 Å². The number of hydrogen-bond acceptors (Lipinski definition) is 4. The summed E-state index contributed by atoms with van der Waals surface area (Å²) >= 11 is 8.70. The third-order valence-corrected chi connectivity index (χ3v) is 4.90. The molecule has 7 heteroatoms. The van der Waals surface area contributed by atoms with Gasteiger partial charge in [0.1, 0.15) is 0 Å². The molecule has 0 radical (unpaired) electrons. The highest BCUT2D eigenvalue weighted by atomic mass is 35.5. The van der Waals surface area contributed by atoms with E-state index in [1.807, 2.05) is 23.6 Å². The van der Waals surface area contributed by atoms with Crippen molar-refractivity contribution in [2.75, 3.05) is 13.6 Å². The van der Waals surface area contributed by atoms with Gasteiger partial charge in [0, 0.05) is 24.9 Å². The quantitative estimate of drug-likeness (QED) is 0.876. The minimum absolute atomic E-state index is 0.00833. The molecular weight excluding hydrogens is 328 g/mol. The first kappa shape index (κ1) is 16.0. The Morgan fingerprint density at radius 1 is 1.33 bits per heavy atom. The lowest BCUT2D eigenvalue weighted by Crippen LogP contribution is -2.31. The van der Waals surface area contributed by atoms with Gasteiger partial charge in [0.05, 0.1) is 15.8 Å². The van der Waals surface area contributed by atoms with Gasteiger partial charge < -0.3 is 10.2 Å². The van der Waals surface area contributed by atoms with Crippen LogP contribution >= 0.6 is 34.3 Å². The summed E-state index contributed by atoms with van der Waals surface area (Å²) in [6.45, 7) is 0.875. The van der Waals surface area contributed by atoms with Crippen LogP contribution in [0, 0.1) is 0 Å². The topological polar surface area (TPSA) is 49.4 Å². The van der Waals surface area contributed by atoms with Gasteiger partial charge in [0.25, 0.3) is 5.91 Å². The van der Waals surface area contributed by atoms with Crippen LogP contribution in [0.25, 0.3) is 0 Å². The molecule has 4 nitrogen and oxygen atoms in total. The second-order valence-corrected chi connectivity index (χ2v) is 7.19. The summed E-state index contributed by atoms with van der Waals surface area (Å²) in [4.78, 5) is 27.0. The fraction of sp³-hybridized carbons (Fsp3) is 0.286. The van der Waals surface area contributed by atoms with Crippen molar-refractivity contribution in [1.82, 2.24) is 10.2 Å². The molecule has 0 aliphatic rings. The summed E-state index contributed by atoms with van der Waals surface area (Å²) in [5.74, 6) is -0.142. The molecule has 0 saturated carbocycles. The lowest BCUT2D eigenvalue weighted by atomic mass is 10.3. The molecule has 2 amide bonds. The smallest absolute Gasteiger partial charge is 0.261 e. The summed E-state index contributed by atoms with van der Waals surface area (Å²) in [6, 6.07) is 7.32. The van der Waals surface area contributed by atoms with Gasteiger partial charge in [-0.3, -0.25) is 9.59 Å². The van der Waals surface area contributed by atoms with Gasteiger partial charge >= 0.3 is 0 Å². The van der Waals surface area contributed by atoms with Crippen molar-refractivity contribution in [1.29, 1.82) is 0 Å². The molecule has 2 rings (SSSR count).